The average Bonchev–Trinajstić information content (AvgIpc) is 2.52. The molecule has 1 saturated heterocycles. The van der Waals surface area contributed by atoms with Gasteiger partial charge in [0.15, 0.2) is 0 Å². The van der Waals surface area contributed by atoms with Crippen molar-refractivity contribution in [2.24, 2.45) is 5.92 Å². The number of carbonyl (C=O) groups excluding carboxylic acids is 1. The van der Waals surface area contributed by atoms with E-state index in [2.05, 4.69) is 11.8 Å². The summed E-state index contributed by atoms with van der Waals surface area (Å²) >= 11 is 0. The van der Waals surface area contributed by atoms with Gasteiger partial charge in [-0.15, -0.1) is 0 Å². The van der Waals surface area contributed by atoms with E-state index in [9.17, 15) is 4.79 Å². The lowest BCUT2D eigenvalue weighted by Gasteiger charge is -2.13. The zero-order chi connectivity index (χ0) is 8.97. The molecule has 0 saturated carbocycles. The summed E-state index contributed by atoms with van der Waals surface area (Å²) < 4.78 is 4.69. The summed E-state index contributed by atoms with van der Waals surface area (Å²) in [6.07, 6.45) is 2.13. The minimum atomic E-state index is -0.0476. The lowest BCUT2D eigenvalue weighted by molar-refractivity contribution is -0.144. The minimum absolute atomic E-state index is 0.0476. The lowest BCUT2D eigenvalue weighted by Crippen LogP contribution is -2.24. The molecule has 1 heterocycles. The summed E-state index contributed by atoms with van der Waals surface area (Å²) in [4.78, 5) is 13.4. The first-order valence-corrected chi connectivity index (χ1v) is 4.58. The largest absolute Gasteiger partial charge is 0.469 e. The van der Waals surface area contributed by atoms with E-state index in [1.165, 1.54) is 7.11 Å². The third-order valence-corrected chi connectivity index (χ3v) is 2.35. The molecule has 3 heteroatoms. The van der Waals surface area contributed by atoms with Crippen LogP contribution in [0.25, 0.3) is 0 Å². The van der Waals surface area contributed by atoms with Crippen molar-refractivity contribution < 1.29 is 9.53 Å². The topological polar surface area (TPSA) is 29.5 Å². The van der Waals surface area contributed by atoms with Crippen LogP contribution in [0.3, 0.4) is 0 Å². The Hall–Kier alpha value is -0.570. The van der Waals surface area contributed by atoms with Gasteiger partial charge in [-0.1, -0.05) is 6.92 Å². The summed E-state index contributed by atoms with van der Waals surface area (Å²) in [7, 11) is 1.46. The highest BCUT2D eigenvalue weighted by Gasteiger charge is 2.27. The average molecular weight is 171 g/mol. The van der Waals surface area contributed by atoms with Crippen LogP contribution in [-0.4, -0.2) is 37.6 Å². The summed E-state index contributed by atoms with van der Waals surface area (Å²) in [6, 6.07) is 0. The summed E-state index contributed by atoms with van der Waals surface area (Å²) in [5.41, 5.74) is 0. The molecule has 1 atom stereocenters. The van der Waals surface area contributed by atoms with Crippen LogP contribution in [0.2, 0.25) is 0 Å². The minimum Gasteiger partial charge on any atom is -0.469 e. The molecule has 1 fully saturated rings. The predicted molar refractivity (Wildman–Crippen MR) is 46.9 cm³/mol. The van der Waals surface area contributed by atoms with Crippen LogP contribution >= 0.6 is 0 Å². The molecule has 12 heavy (non-hydrogen) atoms. The molecule has 0 aromatic heterocycles. The molecule has 1 unspecified atom stereocenters. The quantitative estimate of drug-likeness (QED) is 0.591. The Morgan fingerprint density at radius 2 is 2.42 bits per heavy atom. The Morgan fingerprint density at radius 1 is 1.67 bits per heavy atom. The molecule has 1 rings (SSSR count). The van der Waals surface area contributed by atoms with E-state index in [1.807, 2.05) is 0 Å². The number of nitrogens with zero attached hydrogens (tertiary/aromatic N) is 1. The number of hydrogen-bond donors (Lipinski definition) is 0. The van der Waals surface area contributed by atoms with Gasteiger partial charge in [-0.3, -0.25) is 4.79 Å². The van der Waals surface area contributed by atoms with Gasteiger partial charge < -0.3 is 9.64 Å². The molecule has 0 aromatic rings. The summed E-state index contributed by atoms with van der Waals surface area (Å²) in [5.74, 6) is 0.0788. The van der Waals surface area contributed by atoms with Crippen molar-refractivity contribution in [2.45, 2.75) is 19.8 Å². The zero-order valence-corrected chi connectivity index (χ0v) is 7.88. The second-order valence-electron chi connectivity index (χ2n) is 3.31. The maximum absolute atomic E-state index is 11.1. The first-order chi connectivity index (χ1) is 5.77. The number of esters is 1. The SMILES string of the molecule is CCCN1CCC(C(=O)OC)C1. The molecule has 0 spiro atoms. The number of methoxy groups -OCH3 is 1. The standard InChI is InChI=1S/C9H17NO2/c1-3-5-10-6-4-8(7-10)9(11)12-2/h8H,3-7H2,1-2H3. The van der Waals surface area contributed by atoms with Crippen LogP contribution in [0.5, 0.6) is 0 Å². The molecular weight excluding hydrogens is 154 g/mol. The fourth-order valence-electron chi connectivity index (χ4n) is 1.71. The maximum Gasteiger partial charge on any atom is 0.310 e. The monoisotopic (exact) mass is 171 g/mol. The molecule has 0 amide bonds. The molecule has 0 bridgehead atoms. The maximum atomic E-state index is 11.1. The molecule has 0 radical (unpaired) electrons. The number of likely N-dealkylation sites (tertiary alicyclic amines) is 1. The molecule has 1 aliphatic rings. The van der Waals surface area contributed by atoms with Crippen molar-refractivity contribution in [3.05, 3.63) is 0 Å². The number of ether oxygens (including phenoxy) is 1. The second-order valence-corrected chi connectivity index (χ2v) is 3.31. The molecule has 70 valence electrons. The fourth-order valence-corrected chi connectivity index (χ4v) is 1.71. The van der Waals surface area contributed by atoms with Crippen molar-refractivity contribution in [3.63, 3.8) is 0 Å². The van der Waals surface area contributed by atoms with E-state index in [4.69, 9.17) is 4.74 Å². The third kappa shape index (κ3) is 2.21. The van der Waals surface area contributed by atoms with Gasteiger partial charge in [-0.2, -0.15) is 0 Å². The molecule has 1 aliphatic heterocycles. The highest BCUT2D eigenvalue weighted by Crippen LogP contribution is 2.17. The van der Waals surface area contributed by atoms with Crippen molar-refractivity contribution in [2.75, 3.05) is 26.7 Å². The van der Waals surface area contributed by atoms with Crippen molar-refractivity contribution in [3.8, 4) is 0 Å². The Labute approximate surface area is 73.7 Å². The van der Waals surface area contributed by atoms with Gasteiger partial charge in [-0.05, 0) is 25.9 Å². The molecule has 0 aromatic carbocycles. The zero-order valence-electron chi connectivity index (χ0n) is 7.88. The van der Waals surface area contributed by atoms with Gasteiger partial charge >= 0.3 is 5.97 Å². The Morgan fingerprint density at radius 3 is 3.00 bits per heavy atom. The first kappa shape index (κ1) is 9.52. The highest BCUT2D eigenvalue weighted by molar-refractivity contribution is 5.72. The van der Waals surface area contributed by atoms with E-state index in [0.29, 0.717) is 0 Å². The van der Waals surface area contributed by atoms with Gasteiger partial charge in [0, 0.05) is 6.54 Å². The van der Waals surface area contributed by atoms with Crippen LogP contribution in [-0.2, 0) is 9.53 Å². The molecule has 3 nitrogen and oxygen atoms in total. The fraction of sp³-hybridized carbons (Fsp3) is 0.889. The van der Waals surface area contributed by atoms with Gasteiger partial charge in [0.05, 0.1) is 13.0 Å². The van der Waals surface area contributed by atoms with Crippen LogP contribution < -0.4 is 0 Å². The smallest absolute Gasteiger partial charge is 0.310 e. The Kier molecular flexibility index (Phi) is 3.53. The molecular formula is C9H17NO2. The van der Waals surface area contributed by atoms with Crippen molar-refractivity contribution in [1.82, 2.24) is 4.90 Å². The Balaban J connectivity index is 2.30. The van der Waals surface area contributed by atoms with Crippen LogP contribution in [0.4, 0.5) is 0 Å². The molecule has 0 N–H and O–H groups in total. The summed E-state index contributed by atoms with van der Waals surface area (Å²) in [5, 5.41) is 0. The van der Waals surface area contributed by atoms with Gasteiger partial charge in [0.25, 0.3) is 0 Å². The molecule has 0 aliphatic carbocycles. The second kappa shape index (κ2) is 4.45. The Bertz CT molecular complexity index is 159. The highest BCUT2D eigenvalue weighted by atomic mass is 16.5. The van der Waals surface area contributed by atoms with Crippen LogP contribution in [0.15, 0.2) is 0 Å². The van der Waals surface area contributed by atoms with E-state index >= 15 is 0 Å². The van der Waals surface area contributed by atoms with Crippen LogP contribution in [0, 0.1) is 5.92 Å². The van der Waals surface area contributed by atoms with Gasteiger partial charge in [0.2, 0.25) is 0 Å². The van der Waals surface area contributed by atoms with Gasteiger partial charge in [-0.25, -0.2) is 0 Å². The third-order valence-electron chi connectivity index (χ3n) is 2.35. The number of hydrogen-bond acceptors (Lipinski definition) is 3. The number of rotatable bonds is 3. The van der Waals surface area contributed by atoms with Crippen molar-refractivity contribution >= 4 is 5.97 Å². The lowest BCUT2D eigenvalue weighted by atomic mass is 10.1. The van der Waals surface area contributed by atoms with Crippen molar-refractivity contribution in [1.29, 1.82) is 0 Å². The predicted octanol–water partition coefficient (Wildman–Crippen LogP) is 0.891. The number of carbonyl (C=O) groups is 1. The van der Waals surface area contributed by atoms with E-state index < -0.39 is 0 Å². The first-order valence-electron chi connectivity index (χ1n) is 4.58. The van der Waals surface area contributed by atoms with Crippen LogP contribution in [0.1, 0.15) is 19.8 Å². The summed E-state index contributed by atoms with van der Waals surface area (Å²) in [6.45, 7) is 5.20. The van der Waals surface area contributed by atoms with Gasteiger partial charge in [0.1, 0.15) is 0 Å². The van der Waals surface area contributed by atoms with E-state index in [-0.39, 0.29) is 11.9 Å². The van der Waals surface area contributed by atoms with E-state index in [1.54, 1.807) is 0 Å². The normalized spacial score (nSPS) is 24.3. The van der Waals surface area contributed by atoms with E-state index in [0.717, 1.165) is 32.5 Å².